The molecule has 0 fully saturated rings. The van der Waals surface area contributed by atoms with Crippen LogP contribution in [0, 0.1) is 0 Å². The predicted octanol–water partition coefficient (Wildman–Crippen LogP) is 2.70. The van der Waals surface area contributed by atoms with Gasteiger partial charge in [-0.15, -0.1) is 0 Å². The third-order valence-electron chi connectivity index (χ3n) is 2.29. The summed E-state index contributed by atoms with van der Waals surface area (Å²) in [5, 5.41) is 0. The van der Waals surface area contributed by atoms with Crippen molar-refractivity contribution in [1.82, 2.24) is 0 Å². The zero-order valence-corrected chi connectivity index (χ0v) is 9.76. The van der Waals surface area contributed by atoms with E-state index in [0.29, 0.717) is 6.42 Å². The molecule has 0 amide bonds. The lowest BCUT2D eigenvalue weighted by atomic mass is 10.0. The Labute approximate surface area is 94.4 Å². The summed E-state index contributed by atoms with van der Waals surface area (Å²) in [5.74, 6) is -2.69. The molecule has 0 aromatic heterocycles. The minimum Gasteiger partial charge on any atom is -0.496 e. The highest BCUT2D eigenvalue weighted by molar-refractivity contribution is 5.40. The van der Waals surface area contributed by atoms with E-state index in [0.717, 1.165) is 12.5 Å². The number of halogens is 2. The van der Waals surface area contributed by atoms with Gasteiger partial charge < -0.3 is 10.5 Å². The topological polar surface area (TPSA) is 35.2 Å². The van der Waals surface area contributed by atoms with Crippen LogP contribution < -0.4 is 10.5 Å². The van der Waals surface area contributed by atoms with Crippen LogP contribution in [0.1, 0.15) is 25.0 Å². The van der Waals surface area contributed by atoms with Gasteiger partial charge in [-0.2, -0.15) is 0 Å². The average molecular weight is 229 g/mol. The van der Waals surface area contributed by atoms with E-state index in [1.54, 1.807) is 12.1 Å². The Morgan fingerprint density at radius 3 is 2.50 bits per heavy atom. The molecule has 1 aromatic rings. The summed E-state index contributed by atoms with van der Waals surface area (Å²) in [6.45, 7) is 2.70. The van der Waals surface area contributed by atoms with Gasteiger partial charge in [-0.25, -0.2) is 8.78 Å². The molecule has 0 heterocycles. The molecule has 0 spiro atoms. The van der Waals surface area contributed by atoms with Crippen LogP contribution in [-0.2, 0) is 12.3 Å². The smallest absolute Gasteiger partial charge is 0.274 e. The van der Waals surface area contributed by atoms with Crippen molar-refractivity contribution < 1.29 is 13.5 Å². The molecular formula is C12H17F2NO. The van der Waals surface area contributed by atoms with Crippen LogP contribution in [0.25, 0.3) is 0 Å². The van der Waals surface area contributed by atoms with Gasteiger partial charge in [0.05, 0.1) is 12.7 Å². The Morgan fingerprint density at radius 2 is 2.06 bits per heavy atom. The maximum Gasteiger partial charge on any atom is 0.274 e. The molecule has 0 radical (unpaired) electrons. The maximum absolute atomic E-state index is 13.3. The summed E-state index contributed by atoms with van der Waals surface area (Å²) in [6.07, 6.45) is 0.576. The first kappa shape index (κ1) is 12.9. The lowest BCUT2D eigenvalue weighted by Gasteiger charge is -2.16. The Morgan fingerprint density at radius 1 is 1.44 bits per heavy atom. The highest BCUT2D eigenvalue weighted by atomic mass is 19.3. The molecule has 1 atom stereocenters. The van der Waals surface area contributed by atoms with Gasteiger partial charge in [0.15, 0.2) is 0 Å². The van der Waals surface area contributed by atoms with Crippen molar-refractivity contribution in [3.63, 3.8) is 0 Å². The van der Waals surface area contributed by atoms with Crippen LogP contribution >= 0.6 is 0 Å². The zero-order valence-electron chi connectivity index (χ0n) is 9.76. The second-order valence-corrected chi connectivity index (χ2v) is 4.10. The van der Waals surface area contributed by atoms with E-state index in [1.165, 1.54) is 13.2 Å². The molecule has 1 aromatic carbocycles. The van der Waals surface area contributed by atoms with Crippen molar-refractivity contribution in [2.45, 2.75) is 32.2 Å². The van der Waals surface area contributed by atoms with Gasteiger partial charge in [-0.3, -0.25) is 0 Å². The maximum atomic E-state index is 13.3. The van der Waals surface area contributed by atoms with Crippen LogP contribution in [0.4, 0.5) is 8.78 Å². The molecule has 1 unspecified atom stereocenters. The SMILES string of the molecule is COc1ccc(CC(C)N)cc1C(C)(F)F. The van der Waals surface area contributed by atoms with Crippen molar-refractivity contribution in [2.24, 2.45) is 5.73 Å². The van der Waals surface area contributed by atoms with Gasteiger partial charge in [0.1, 0.15) is 5.75 Å². The molecule has 0 saturated carbocycles. The molecule has 90 valence electrons. The number of ether oxygens (including phenoxy) is 1. The Bertz CT molecular complexity index is 359. The average Bonchev–Trinajstić information content (AvgIpc) is 2.15. The fourth-order valence-electron chi connectivity index (χ4n) is 1.60. The van der Waals surface area contributed by atoms with Gasteiger partial charge in [-0.05, 0) is 31.0 Å². The van der Waals surface area contributed by atoms with Crippen molar-refractivity contribution in [3.8, 4) is 5.75 Å². The Balaban J connectivity index is 3.12. The molecule has 0 saturated heterocycles. The predicted molar refractivity (Wildman–Crippen MR) is 59.9 cm³/mol. The van der Waals surface area contributed by atoms with Gasteiger partial charge in [-0.1, -0.05) is 6.07 Å². The lowest BCUT2D eigenvalue weighted by Crippen LogP contribution is -2.18. The second-order valence-electron chi connectivity index (χ2n) is 4.10. The van der Waals surface area contributed by atoms with Crippen molar-refractivity contribution >= 4 is 0 Å². The number of hydrogen-bond acceptors (Lipinski definition) is 2. The van der Waals surface area contributed by atoms with E-state index in [4.69, 9.17) is 10.5 Å². The van der Waals surface area contributed by atoms with E-state index >= 15 is 0 Å². The summed E-state index contributed by atoms with van der Waals surface area (Å²) in [6, 6.07) is 4.73. The first-order valence-electron chi connectivity index (χ1n) is 5.15. The number of nitrogens with two attached hydrogens (primary N) is 1. The third-order valence-corrected chi connectivity index (χ3v) is 2.29. The normalized spacial score (nSPS) is 13.6. The zero-order chi connectivity index (χ0) is 12.3. The van der Waals surface area contributed by atoms with Gasteiger partial charge in [0, 0.05) is 13.0 Å². The standard InChI is InChI=1S/C12H17F2NO/c1-8(15)6-9-4-5-11(16-3)10(7-9)12(2,13)14/h4-5,7-8H,6,15H2,1-3H3. The van der Waals surface area contributed by atoms with Crippen LogP contribution in [0.15, 0.2) is 18.2 Å². The summed E-state index contributed by atoms with van der Waals surface area (Å²) in [4.78, 5) is 0. The van der Waals surface area contributed by atoms with E-state index in [2.05, 4.69) is 0 Å². The molecule has 0 bridgehead atoms. The van der Waals surface area contributed by atoms with Gasteiger partial charge >= 0.3 is 0 Å². The fourth-order valence-corrected chi connectivity index (χ4v) is 1.60. The molecule has 0 aliphatic rings. The van der Waals surface area contributed by atoms with E-state index < -0.39 is 5.92 Å². The third kappa shape index (κ3) is 3.17. The Hall–Kier alpha value is -1.16. The molecular weight excluding hydrogens is 212 g/mol. The number of alkyl halides is 2. The fraction of sp³-hybridized carbons (Fsp3) is 0.500. The summed E-state index contributed by atoms with van der Waals surface area (Å²) in [5.41, 5.74) is 6.34. The molecule has 0 aliphatic carbocycles. The molecule has 0 aliphatic heterocycles. The van der Waals surface area contributed by atoms with Crippen LogP contribution in [0.3, 0.4) is 0 Å². The first-order valence-corrected chi connectivity index (χ1v) is 5.15. The monoisotopic (exact) mass is 229 g/mol. The second kappa shape index (κ2) is 4.78. The summed E-state index contributed by atoms with van der Waals surface area (Å²) < 4.78 is 31.5. The highest BCUT2D eigenvalue weighted by Crippen LogP contribution is 2.35. The van der Waals surface area contributed by atoms with Crippen LogP contribution in [-0.4, -0.2) is 13.2 Å². The summed E-state index contributed by atoms with van der Waals surface area (Å²) in [7, 11) is 1.38. The Kier molecular flexibility index (Phi) is 3.86. The largest absolute Gasteiger partial charge is 0.496 e. The minimum absolute atomic E-state index is 0.0493. The molecule has 16 heavy (non-hydrogen) atoms. The quantitative estimate of drug-likeness (QED) is 0.861. The van der Waals surface area contributed by atoms with Crippen molar-refractivity contribution in [2.75, 3.05) is 7.11 Å². The first-order chi connectivity index (χ1) is 7.34. The number of benzene rings is 1. The van der Waals surface area contributed by atoms with Crippen LogP contribution in [0.2, 0.25) is 0 Å². The molecule has 2 nitrogen and oxygen atoms in total. The van der Waals surface area contributed by atoms with Crippen molar-refractivity contribution in [3.05, 3.63) is 29.3 Å². The van der Waals surface area contributed by atoms with E-state index in [1.807, 2.05) is 6.92 Å². The number of hydrogen-bond donors (Lipinski definition) is 1. The highest BCUT2D eigenvalue weighted by Gasteiger charge is 2.28. The molecule has 2 N–H and O–H groups in total. The van der Waals surface area contributed by atoms with Gasteiger partial charge in [0.2, 0.25) is 0 Å². The number of rotatable bonds is 4. The minimum atomic E-state index is -2.90. The van der Waals surface area contributed by atoms with Gasteiger partial charge in [0.25, 0.3) is 5.92 Å². The number of methoxy groups -OCH3 is 1. The molecule has 4 heteroatoms. The van der Waals surface area contributed by atoms with Crippen LogP contribution in [0.5, 0.6) is 5.75 Å². The lowest BCUT2D eigenvalue weighted by molar-refractivity contribution is 0.0150. The van der Waals surface area contributed by atoms with E-state index in [9.17, 15) is 8.78 Å². The van der Waals surface area contributed by atoms with E-state index in [-0.39, 0.29) is 17.4 Å². The summed E-state index contributed by atoms with van der Waals surface area (Å²) >= 11 is 0. The van der Waals surface area contributed by atoms with Crippen molar-refractivity contribution in [1.29, 1.82) is 0 Å². The molecule has 1 rings (SSSR count).